The molecule has 2 aliphatic heterocycles. The van der Waals surface area contributed by atoms with Crippen LogP contribution in [0.15, 0.2) is 52.1 Å². The Labute approximate surface area is 203 Å². The number of unbranched alkanes of at least 4 members (excludes halogenated alkanes) is 1. The van der Waals surface area contributed by atoms with Gasteiger partial charge in [0.15, 0.2) is 0 Å². The van der Waals surface area contributed by atoms with E-state index in [1.54, 1.807) is 17.5 Å². The lowest BCUT2D eigenvalue weighted by atomic mass is 10.0. The van der Waals surface area contributed by atoms with Crippen LogP contribution in [-0.4, -0.2) is 43.7 Å². The van der Waals surface area contributed by atoms with E-state index >= 15 is 0 Å². The van der Waals surface area contributed by atoms with Crippen LogP contribution in [0.3, 0.4) is 0 Å². The second-order valence-electron chi connectivity index (χ2n) is 8.72. The summed E-state index contributed by atoms with van der Waals surface area (Å²) in [5.41, 5.74) is 2.09. The Kier molecular flexibility index (Phi) is 6.18. The third kappa shape index (κ3) is 3.81. The standard InChI is InChI=1S/C25H27N3O4S2/c1-2-3-14-27-20-13-12-19(17-8-6-9-18(23(17)20)25(27)30)26-24(29)21-10-4-5-15-28(21)34(31,32)22-11-7-16-33-22/h6-9,11-13,16,21H,2-5,10,14-15H2,1H3,(H,26,29)/t21-/m1/s1. The molecule has 178 valence electrons. The number of carbonyl (C=O) groups excluding carboxylic acids is 2. The fourth-order valence-corrected chi connectivity index (χ4v) is 7.67. The van der Waals surface area contributed by atoms with Gasteiger partial charge in [0.05, 0.1) is 5.69 Å². The van der Waals surface area contributed by atoms with Crippen molar-refractivity contribution in [2.75, 3.05) is 23.3 Å². The Morgan fingerprint density at radius 3 is 2.76 bits per heavy atom. The molecule has 34 heavy (non-hydrogen) atoms. The summed E-state index contributed by atoms with van der Waals surface area (Å²) in [4.78, 5) is 28.2. The normalized spacial score (nSPS) is 18.6. The van der Waals surface area contributed by atoms with E-state index in [1.165, 1.54) is 4.31 Å². The Bertz CT molecular complexity index is 1350. The van der Waals surface area contributed by atoms with E-state index in [2.05, 4.69) is 12.2 Å². The molecule has 5 rings (SSSR count). The SMILES string of the molecule is CCCCN1C(=O)c2cccc3c(NC(=O)[C@H]4CCCCN4S(=O)(=O)c4cccs4)ccc1c23. The van der Waals surface area contributed by atoms with E-state index in [0.29, 0.717) is 30.8 Å². The van der Waals surface area contributed by atoms with E-state index in [0.717, 1.165) is 53.5 Å². The van der Waals surface area contributed by atoms with E-state index in [-0.39, 0.29) is 16.0 Å². The number of benzene rings is 2. The number of piperidine rings is 1. The number of carbonyl (C=O) groups is 2. The van der Waals surface area contributed by atoms with Gasteiger partial charge in [-0.05, 0) is 48.9 Å². The van der Waals surface area contributed by atoms with Gasteiger partial charge >= 0.3 is 0 Å². The molecule has 1 saturated heterocycles. The summed E-state index contributed by atoms with van der Waals surface area (Å²) in [6, 6.07) is 11.7. The summed E-state index contributed by atoms with van der Waals surface area (Å²) < 4.78 is 28.0. The maximum atomic E-state index is 13.4. The van der Waals surface area contributed by atoms with Crippen LogP contribution >= 0.6 is 11.3 Å². The number of nitrogens with zero attached hydrogens (tertiary/aromatic N) is 2. The summed E-state index contributed by atoms with van der Waals surface area (Å²) in [5, 5.41) is 6.34. The van der Waals surface area contributed by atoms with Crippen molar-refractivity contribution in [1.29, 1.82) is 0 Å². The molecule has 0 spiro atoms. The minimum Gasteiger partial charge on any atom is -0.324 e. The second-order valence-corrected chi connectivity index (χ2v) is 11.8. The minimum absolute atomic E-state index is 0.0157. The van der Waals surface area contributed by atoms with Gasteiger partial charge in [0.25, 0.3) is 15.9 Å². The third-order valence-electron chi connectivity index (χ3n) is 6.59. The first-order valence-corrected chi connectivity index (χ1v) is 14.0. The fourth-order valence-electron chi connectivity index (χ4n) is 4.89. The molecular formula is C25H27N3O4S2. The van der Waals surface area contributed by atoms with Crippen LogP contribution in [0.5, 0.6) is 0 Å². The number of thiophene rings is 1. The van der Waals surface area contributed by atoms with Gasteiger partial charge in [-0.3, -0.25) is 9.59 Å². The van der Waals surface area contributed by atoms with Gasteiger partial charge in [-0.2, -0.15) is 4.31 Å². The Balaban J connectivity index is 1.46. The third-order valence-corrected chi connectivity index (χ3v) is 9.87. The number of hydrogen-bond acceptors (Lipinski definition) is 5. The first-order valence-electron chi connectivity index (χ1n) is 11.7. The zero-order valence-corrected chi connectivity index (χ0v) is 20.6. The average molecular weight is 498 g/mol. The molecule has 0 saturated carbocycles. The number of sulfonamides is 1. The molecule has 2 aliphatic rings. The van der Waals surface area contributed by atoms with Crippen molar-refractivity contribution in [3.63, 3.8) is 0 Å². The molecule has 0 bridgehead atoms. The maximum absolute atomic E-state index is 13.4. The van der Waals surface area contributed by atoms with E-state index in [4.69, 9.17) is 0 Å². The monoisotopic (exact) mass is 497 g/mol. The van der Waals surface area contributed by atoms with Crippen molar-refractivity contribution in [3.05, 3.63) is 53.4 Å². The van der Waals surface area contributed by atoms with Crippen LogP contribution in [0.25, 0.3) is 10.8 Å². The predicted molar refractivity (Wildman–Crippen MR) is 135 cm³/mol. The van der Waals surface area contributed by atoms with Crippen molar-refractivity contribution < 1.29 is 18.0 Å². The molecule has 1 aromatic heterocycles. The highest BCUT2D eigenvalue weighted by atomic mass is 32.2. The first-order chi connectivity index (χ1) is 16.4. The second kappa shape index (κ2) is 9.13. The van der Waals surface area contributed by atoms with Crippen LogP contribution in [-0.2, 0) is 14.8 Å². The number of hydrogen-bond donors (Lipinski definition) is 1. The Morgan fingerprint density at radius 2 is 2.00 bits per heavy atom. The summed E-state index contributed by atoms with van der Waals surface area (Å²) in [5.74, 6) is -0.356. The molecule has 0 aliphatic carbocycles. The molecule has 7 nitrogen and oxygen atoms in total. The Morgan fingerprint density at radius 1 is 1.15 bits per heavy atom. The quantitative estimate of drug-likeness (QED) is 0.506. The highest BCUT2D eigenvalue weighted by Crippen LogP contribution is 2.41. The van der Waals surface area contributed by atoms with Gasteiger partial charge < -0.3 is 10.2 Å². The largest absolute Gasteiger partial charge is 0.324 e. The van der Waals surface area contributed by atoms with Crippen LogP contribution < -0.4 is 10.2 Å². The van der Waals surface area contributed by atoms with Gasteiger partial charge in [0, 0.05) is 35.1 Å². The van der Waals surface area contributed by atoms with Gasteiger partial charge in [-0.25, -0.2) is 8.42 Å². The molecule has 0 unspecified atom stereocenters. The smallest absolute Gasteiger partial charge is 0.258 e. The van der Waals surface area contributed by atoms with Gasteiger partial charge in [0.2, 0.25) is 5.91 Å². The molecule has 1 atom stereocenters. The van der Waals surface area contributed by atoms with Gasteiger partial charge in [-0.1, -0.05) is 38.0 Å². The zero-order valence-electron chi connectivity index (χ0n) is 19.0. The lowest BCUT2D eigenvalue weighted by molar-refractivity contribution is -0.120. The number of rotatable bonds is 7. The van der Waals surface area contributed by atoms with E-state index in [1.807, 2.05) is 35.2 Å². The Hall–Kier alpha value is -2.75. The molecular weight excluding hydrogens is 470 g/mol. The highest BCUT2D eigenvalue weighted by Gasteiger charge is 2.38. The van der Waals surface area contributed by atoms with Crippen LogP contribution in [0.4, 0.5) is 11.4 Å². The average Bonchev–Trinajstić information content (AvgIpc) is 3.48. The van der Waals surface area contributed by atoms with Crippen molar-refractivity contribution >= 4 is 55.3 Å². The summed E-state index contributed by atoms with van der Waals surface area (Å²) in [7, 11) is -3.73. The number of anilines is 2. The van der Waals surface area contributed by atoms with Crippen LogP contribution in [0.1, 0.15) is 49.4 Å². The molecule has 1 N–H and O–H groups in total. The zero-order chi connectivity index (χ0) is 23.9. The lowest BCUT2D eigenvalue weighted by Gasteiger charge is -2.33. The van der Waals surface area contributed by atoms with Crippen LogP contribution in [0, 0.1) is 0 Å². The van der Waals surface area contributed by atoms with Gasteiger partial charge in [-0.15, -0.1) is 11.3 Å². The lowest BCUT2D eigenvalue weighted by Crippen LogP contribution is -2.49. The molecule has 3 aromatic rings. The van der Waals surface area contributed by atoms with Crippen LogP contribution in [0.2, 0.25) is 0 Å². The highest BCUT2D eigenvalue weighted by molar-refractivity contribution is 7.91. The van der Waals surface area contributed by atoms with Crippen molar-refractivity contribution in [2.45, 2.75) is 49.3 Å². The van der Waals surface area contributed by atoms with Crippen molar-refractivity contribution in [2.24, 2.45) is 0 Å². The predicted octanol–water partition coefficient (Wildman–Crippen LogP) is 4.84. The topological polar surface area (TPSA) is 86.8 Å². The molecule has 2 aromatic carbocycles. The summed E-state index contributed by atoms with van der Waals surface area (Å²) in [6.07, 6.45) is 3.89. The van der Waals surface area contributed by atoms with E-state index in [9.17, 15) is 18.0 Å². The van der Waals surface area contributed by atoms with E-state index < -0.39 is 16.1 Å². The maximum Gasteiger partial charge on any atom is 0.258 e. The first kappa shape index (κ1) is 23.0. The molecule has 9 heteroatoms. The summed E-state index contributed by atoms with van der Waals surface area (Å²) in [6.45, 7) is 3.07. The molecule has 3 heterocycles. The molecule has 1 fully saturated rings. The number of amides is 2. The molecule has 2 amide bonds. The van der Waals surface area contributed by atoms with Crippen molar-refractivity contribution in [3.8, 4) is 0 Å². The number of nitrogens with one attached hydrogen (secondary N) is 1. The molecule has 0 radical (unpaired) electrons. The summed E-state index contributed by atoms with van der Waals surface area (Å²) >= 11 is 1.16. The minimum atomic E-state index is -3.73. The van der Waals surface area contributed by atoms with Crippen molar-refractivity contribution in [1.82, 2.24) is 4.31 Å². The fraction of sp³-hybridized carbons (Fsp3) is 0.360. The van der Waals surface area contributed by atoms with Gasteiger partial charge in [0.1, 0.15) is 10.3 Å².